The van der Waals surface area contributed by atoms with Crippen LogP contribution in [0.15, 0.2) is 119 Å². The zero-order valence-corrected chi connectivity index (χ0v) is 25.5. The lowest BCUT2D eigenvalue weighted by atomic mass is 9.95. The highest BCUT2D eigenvalue weighted by Crippen LogP contribution is 2.35. The predicted molar refractivity (Wildman–Crippen MR) is 164 cm³/mol. The van der Waals surface area contributed by atoms with Crippen molar-refractivity contribution in [3.05, 3.63) is 126 Å². The molecule has 6 rings (SSSR count). The van der Waals surface area contributed by atoms with E-state index in [0.717, 1.165) is 5.56 Å². The zero-order chi connectivity index (χ0) is 29.2. The fourth-order valence-electron chi connectivity index (χ4n) is 4.52. The third kappa shape index (κ3) is 5.60. The van der Waals surface area contributed by atoms with Gasteiger partial charge in [-0.25, -0.2) is 15.0 Å². The summed E-state index contributed by atoms with van der Waals surface area (Å²) in [7, 11) is 1.58. The summed E-state index contributed by atoms with van der Waals surface area (Å²) in [5.74, 6) is 0.741. The number of halogens is 1. The molecular weight excluding hydrogens is 638 g/mol. The Labute approximate surface area is 256 Å². The summed E-state index contributed by atoms with van der Waals surface area (Å²) in [6.45, 7) is 1.78. The topological polar surface area (TPSA) is 112 Å². The molecule has 210 valence electrons. The smallest absolute Gasteiger partial charge is 0.271 e. The number of methoxy groups -OCH3 is 1. The Morgan fingerprint density at radius 2 is 1.90 bits per heavy atom. The van der Waals surface area contributed by atoms with Crippen molar-refractivity contribution in [2.75, 3.05) is 12.4 Å². The first-order valence-electron chi connectivity index (χ1n) is 12.7. The number of hydrogen-bond donors (Lipinski definition) is 1. The van der Waals surface area contributed by atoms with Crippen LogP contribution < -0.4 is 24.9 Å². The first kappa shape index (κ1) is 27.9. The highest BCUT2D eigenvalue weighted by Gasteiger charge is 2.33. The van der Waals surface area contributed by atoms with Gasteiger partial charge in [0.05, 0.1) is 33.4 Å². The van der Waals surface area contributed by atoms with Gasteiger partial charge in [-0.15, -0.1) is 0 Å². The number of anilines is 1. The fourth-order valence-corrected chi connectivity index (χ4v) is 6.78. The van der Waals surface area contributed by atoms with E-state index in [1.165, 1.54) is 23.1 Å². The van der Waals surface area contributed by atoms with E-state index in [2.05, 4.69) is 31.2 Å². The molecule has 1 aliphatic heterocycles. The third-order valence-corrected chi connectivity index (χ3v) is 9.10. The van der Waals surface area contributed by atoms with Crippen molar-refractivity contribution in [3.63, 3.8) is 0 Å². The lowest BCUT2D eigenvalue weighted by Gasteiger charge is -2.25. The fraction of sp³-hybridized carbons (Fsp3) is 0.100. The number of hydrogen-bond acceptors (Lipinski definition) is 9. The Kier molecular flexibility index (Phi) is 7.92. The van der Waals surface area contributed by atoms with Gasteiger partial charge in [0, 0.05) is 24.2 Å². The van der Waals surface area contributed by atoms with Crippen LogP contribution in [0.2, 0.25) is 0 Å². The second-order valence-corrected chi connectivity index (χ2v) is 11.9. The molecule has 0 radical (unpaired) electrons. The van der Waals surface area contributed by atoms with Crippen LogP contribution in [0.3, 0.4) is 0 Å². The highest BCUT2D eigenvalue weighted by molar-refractivity contribution is 9.10. The number of furan rings is 1. The minimum absolute atomic E-state index is 0.294. The van der Waals surface area contributed by atoms with E-state index >= 15 is 0 Å². The van der Waals surface area contributed by atoms with Gasteiger partial charge in [-0.2, -0.15) is 0 Å². The van der Waals surface area contributed by atoms with E-state index in [-0.39, 0.29) is 11.5 Å². The Morgan fingerprint density at radius 3 is 2.67 bits per heavy atom. The number of ether oxygens (including phenoxy) is 1. The maximum Gasteiger partial charge on any atom is 0.271 e. The number of para-hydroxylation sites is 1. The van der Waals surface area contributed by atoms with Gasteiger partial charge in [-0.1, -0.05) is 41.7 Å². The van der Waals surface area contributed by atoms with Gasteiger partial charge in [0.25, 0.3) is 11.5 Å². The Balaban J connectivity index is 1.44. The zero-order valence-electron chi connectivity index (χ0n) is 22.3. The van der Waals surface area contributed by atoms with E-state index in [0.29, 0.717) is 52.5 Å². The van der Waals surface area contributed by atoms with E-state index in [1.54, 1.807) is 49.2 Å². The van der Waals surface area contributed by atoms with Gasteiger partial charge >= 0.3 is 0 Å². The summed E-state index contributed by atoms with van der Waals surface area (Å²) in [6.07, 6.45) is 4.99. The van der Waals surface area contributed by atoms with Crippen LogP contribution in [-0.4, -0.2) is 27.6 Å². The summed E-state index contributed by atoms with van der Waals surface area (Å²) >= 11 is 6.02. The molecule has 0 unspecified atom stereocenters. The molecule has 9 nitrogen and oxygen atoms in total. The molecule has 42 heavy (non-hydrogen) atoms. The second-order valence-electron chi connectivity index (χ2n) is 9.10. The molecule has 0 aliphatic carbocycles. The number of allylic oxidation sites excluding steroid dienone is 1. The largest absolute Gasteiger partial charge is 0.497 e. The highest BCUT2D eigenvalue weighted by atomic mass is 79.9. The molecule has 1 amide bonds. The number of rotatable bonds is 7. The van der Waals surface area contributed by atoms with Crippen molar-refractivity contribution in [2.45, 2.75) is 23.2 Å². The standard InChI is InChI=1S/C30H22BrN5O4S2/c1-17-24(26(37)35-19-9-4-3-5-10-19)25(18-8-6-11-20(14-18)39-2)36-27(38)23(41-30(36)34-17)16-21-15-22(31)28(40-21)42-29-32-12-7-13-33-29/h3-16,25H,1-2H3,(H,35,37)/b23-16+/t25-/m0/s1. The van der Waals surface area contributed by atoms with Gasteiger partial charge in [-0.3, -0.25) is 14.2 Å². The summed E-state index contributed by atoms with van der Waals surface area (Å²) in [5, 5.41) is 4.05. The van der Waals surface area contributed by atoms with Crippen LogP contribution in [0, 0.1) is 0 Å². The number of nitrogens with one attached hydrogen (secondary N) is 1. The van der Waals surface area contributed by atoms with E-state index in [1.807, 2.05) is 54.6 Å². The summed E-state index contributed by atoms with van der Waals surface area (Å²) in [5.41, 5.74) is 1.95. The normalized spacial score (nSPS) is 14.8. The van der Waals surface area contributed by atoms with Crippen molar-refractivity contribution in [2.24, 2.45) is 4.99 Å². The molecule has 0 fully saturated rings. The molecule has 4 heterocycles. The Hall–Kier alpha value is -4.26. The van der Waals surface area contributed by atoms with Crippen molar-refractivity contribution >= 4 is 56.7 Å². The van der Waals surface area contributed by atoms with Crippen LogP contribution in [0.1, 0.15) is 24.3 Å². The van der Waals surface area contributed by atoms with Gasteiger partial charge < -0.3 is 14.5 Å². The van der Waals surface area contributed by atoms with E-state index in [4.69, 9.17) is 14.1 Å². The molecule has 1 aliphatic rings. The number of aromatic nitrogens is 3. The maximum absolute atomic E-state index is 14.0. The summed E-state index contributed by atoms with van der Waals surface area (Å²) in [6, 6.07) is 19.3. The number of nitrogens with zero attached hydrogens (tertiary/aromatic N) is 4. The van der Waals surface area contributed by atoms with Gasteiger partial charge in [-0.05, 0) is 76.6 Å². The molecule has 1 atom stereocenters. The maximum atomic E-state index is 14.0. The van der Waals surface area contributed by atoms with Gasteiger partial charge in [0.2, 0.25) is 0 Å². The minimum atomic E-state index is -0.730. The summed E-state index contributed by atoms with van der Waals surface area (Å²) < 4.78 is 14.2. The summed E-state index contributed by atoms with van der Waals surface area (Å²) in [4.78, 5) is 41.3. The molecular formula is C30H22BrN5O4S2. The number of amides is 1. The first-order chi connectivity index (χ1) is 20.4. The quantitative estimate of drug-likeness (QED) is 0.240. The van der Waals surface area contributed by atoms with Crippen molar-refractivity contribution in [1.82, 2.24) is 14.5 Å². The number of thiazole rings is 1. The van der Waals surface area contributed by atoms with Crippen molar-refractivity contribution < 1.29 is 13.9 Å². The number of fused-ring (bicyclic) bond motifs is 1. The Bertz CT molecular complexity index is 2000. The lowest BCUT2D eigenvalue weighted by molar-refractivity contribution is -0.113. The molecule has 12 heteroatoms. The predicted octanol–water partition coefficient (Wildman–Crippen LogP) is 5.18. The average Bonchev–Trinajstić information content (AvgIpc) is 3.50. The van der Waals surface area contributed by atoms with Gasteiger partial charge in [0.1, 0.15) is 11.5 Å². The lowest BCUT2D eigenvalue weighted by Crippen LogP contribution is -2.40. The van der Waals surface area contributed by atoms with Crippen LogP contribution >= 0.6 is 39.0 Å². The van der Waals surface area contributed by atoms with Crippen LogP contribution in [0.5, 0.6) is 5.75 Å². The van der Waals surface area contributed by atoms with Crippen LogP contribution in [0.4, 0.5) is 5.69 Å². The molecule has 0 bridgehead atoms. The molecule has 1 N–H and O–H groups in total. The molecule has 2 aromatic carbocycles. The minimum Gasteiger partial charge on any atom is -0.497 e. The number of carbonyl (C=O) groups is 1. The molecule has 0 saturated carbocycles. The van der Waals surface area contributed by atoms with Gasteiger partial charge in [0.15, 0.2) is 15.1 Å². The van der Waals surface area contributed by atoms with Crippen LogP contribution in [0.25, 0.3) is 6.08 Å². The van der Waals surface area contributed by atoms with Crippen molar-refractivity contribution in [3.8, 4) is 5.75 Å². The molecule has 3 aromatic heterocycles. The van der Waals surface area contributed by atoms with E-state index in [9.17, 15) is 9.59 Å². The number of benzene rings is 2. The van der Waals surface area contributed by atoms with E-state index < -0.39 is 6.04 Å². The molecule has 0 spiro atoms. The SMILES string of the molecule is COc1cccc([C@H]2C(C(=O)Nc3ccccc3)=C(C)N=c3s/c(=C/c4cc(Br)c(Sc5ncccn5)o4)c(=O)n32)c1. The molecule has 5 aromatic rings. The average molecular weight is 661 g/mol. The monoisotopic (exact) mass is 659 g/mol. The Morgan fingerprint density at radius 1 is 1.12 bits per heavy atom. The molecule has 0 saturated heterocycles. The van der Waals surface area contributed by atoms with Crippen LogP contribution in [-0.2, 0) is 4.79 Å². The number of carbonyl (C=O) groups excluding carboxylic acids is 1. The first-order valence-corrected chi connectivity index (χ1v) is 15.1. The van der Waals surface area contributed by atoms with Crippen molar-refractivity contribution in [1.29, 1.82) is 0 Å². The second kappa shape index (κ2) is 11.9. The third-order valence-electron chi connectivity index (χ3n) is 6.38.